The van der Waals surface area contributed by atoms with Gasteiger partial charge in [0, 0.05) is 17.1 Å². The highest BCUT2D eigenvalue weighted by Crippen LogP contribution is 2.34. The number of hydrogen-bond acceptors (Lipinski definition) is 7. The molecule has 176 valence electrons. The summed E-state index contributed by atoms with van der Waals surface area (Å²) in [5.41, 5.74) is 1.97. The van der Waals surface area contributed by atoms with Crippen molar-refractivity contribution in [1.29, 1.82) is 5.26 Å². The minimum Gasteiger partial charge on any atom is -0.493 e. The van der Waals surface area contributed by atoms with Crippen molar-refractivity contribution in [3.63, 3.8) is 0 Å². The number of anilines is 1. The second kappa shape index (κ2) is 11.6. The number of benzene rings is 2. The fourth-order valence-corrected chi connectivity index (χ4v) is 4.05. The Labute approximate surface area is 206 Å². The molecular weight excluding hydrogens is 478 g/mol. The Morgan fingerprint density at radius 2 is 2.03 bits per heavy atom. The van der Waals surface area contributed by atoms with Crippen molar-refractivity contribution in [2.45, 2.75) is 19.8 Å². The quantitative estimate of drug-likeness (QED) is 0.381. The van der Waals surface area contributed by atoms with Crippen molar-refractivity contribution in [3.8, 4) is 17.6 Å². The summed E-state index contributed by atoms with van der Waals surface area (Å²) in [7, 11) is 1.50. The summed E-state index contributed by atoms with van der Waals surface area (Å²) >= 11 is 6.83. The summed E-state index contributed by atoms with van der Waals surface area (Å²) in [6.45, 7) is 1.80. The van der Waals surface area contributed by atoms with Gasteiger partial charge in [-0.2, -0.15) is 5.26 Å². The maximum absolute atomic E-state index is 12.8. The first-order valence-electron chi connectivity index (χ1n) is 10.3. The molecule has 1 aliphatic heterocycles. The van der Waals surface area contributed by atoms with Gasteiger partial charge in [-0.05, 0) is 66.6 Å². The van der Waals surface area contributed by atoms with E-state index in [1.165, 1.54) is 7.11 Å². The molecular formula is C24H22ClN3O5S. The highest BCUT2D eigenvalue weighted by Gasteiger charge is 2.36. The van der Waals surface area contributed by atoms with E-state index in [9.17, 15) is 14.4 Å². The molecule has 0 atom stereocenters. The molecule has 0 unspecified atom stereocenters. The third kappa shape index (κ3) is 6.31. The molecule has 3 rings (SSSR count). The highest BCUT2D eigenvalue weighted by molar-refractivity contribution is 8.18. The minimum atomic E-state index is -0.553. The van der Waals surface area contributed by atoms with E-state index in [0.29, 0.717) is 47.2 Å². The monoisotopic (exact) mass is 499 g/mol. The van der Waals surface area contributed by atoms with Crippen LogP contribution in [0.4, 0.5) is 10.5 Å². The molecule has 0 radical (unpaired) electrons. The van der Waals surface area contributed by atoms with Crippen molar-refractivity contribution in [2.24, 2.45) is 0 Å². The smallest absolute Gasteiger partial charge is 0.294 e. The van der Waals surface area contributed by atoms with E-state index in [1.807, 2.05) is 6.92 Å². The molecule has 1 fully saturated rings. The molecule has 0 aromatic heterocycles. The maximum atomic E-state index is 12.8. The van der Waals surface area contributed by atoms with Crippen LogP contribution in [0.2, 0.25) is 5.02 Å². The van der Waals surface area contributed by atoms with E-state index in [-0.39, 0.29) is 4.91 Å². The largest absolute Gasteiger partial charge is 0.493 e. The van der Waals surface area contributed by atoms with Crippen LogP contribution in [-0.4, -0.2) is 42.2 Å². The summed E-state index contributed by atoms with van der Waals surface area (Å²) in [4.78, 5) is 38.6. The molecule has 1 N–H and O–H groups in total. The van der Waals surface area contributed by atoms with Crippen molar-refractivity contribution in [1.82, 2.24) is 4.90 Å². The lowest BCUT2D eigenvalue weighted by Gasteiger charge is -2.13. The number of thioether (sulfide) groups is 1. The summed E-state index contributed by atoms with van der Waals surface area (Å²) in [5.74, 6) is -0.0921. The number of hydrogen-bond donors (Lipinski definition) is 1. The Hall–Kier alpha value is -3.48. The first-order chi connectivity index (χ1) is 16.3. The van der Waals surface area contributed by atoms with Gasteiger partial charge in [0.2, 0.25) is 5.91 Å². The molecule has 34 heavy (non-hydrogen) atoms. The van der Waals surface area contributed by atoms with Gasteiger partial charge in [-0.3, -0.25) is 19.3 Å². The lowest BCUT2D eigenvalue weighted by Crippen LogP contribution is -2.36. The number of amides is 3. The Bertz CT molecular complexity index is 1190. The topological polar surface area (TPSA) is 109 Å². The number of ether oxygens (including phenoxy) is 2. The molecule has 10 heteroatoms. The Kier molecular flexibility index (Phi) is 8.57. The third-order valence-electron chi connectivity index (χ3n) is 4.81. The molecule has 3 amide bonds. The highest BCUT2D eigenvalue weighted by atomic mass is 35.5. The third-order valence-corrected chi connectivity index (χ3v) is 6.12. The average molecular weight is 500 g/mol. The standard InChI is InChI=1S/C24H22ClN3O5S/c1-15-5-7-17(13-18(15)25)27-22(29)14-28-23(30)21(34-24(28)31)12-16-6-8-19(20(11-16)32-2)33-10-4-3-9-26/h5-8,11-13H,3-4,10,14H2,1-2H3,(H,27,29)/b21-12+. The van der Waals surface area contributed by atoms with Crippen LogP contribution in [-0.2, 0) is 9.59 Å². The molecule has 1 saturated heterocycles. The number of imide groups is 1. The van der Waals surface area contributed by atoms with Crippen LogP contribution >= 0.6 is 23.4 Å². The second-order valence-electron chi connectivity index (χ2n) is 7.30. The molecule has 8 nitrogen and oxygen atoms in total. The number of carbonyl (C=O) groups excluding carboxylic acids is 3. The van der Waals surface area contributed by atoms with Crippen LogP contribution in [0.3, 0.4) is 0 Å². The van der Waals surface area contributed by atoms with E-state index < -0.39 is 23.6 Å². The van der Waals surface area contributed by atoms with Crippen molar-refractivity contribution >= 4 is 52.2 Å². The van der Waals surface area contributed by atoms with Crippen LogP contribution in [0.1, 0.15) is 24.0 Å². The predicted octanol–water partition coefficient (Wildman–Crippen LogP) is 5.01. The zero-order valence-electron chi connectivity index (χ0n) is 18.6. The number of nitrogens with one attached hydrogen (secondary N) is 1. The molecule has 0 aliphatic carbocycles. The average Bonchev–Trinajstić information content (AvgIpc) is 3.07. The lowest BCUT2D eigenvalue weighted by molar-refractivity contribution is -0.127. The molecule has 2 aromatic rings. The zero-order chi connectivity index (χ0) is 24.7. The number of aryl methyl sites for hydroxylation is 1. The summed E-state index contributed by atoms with van der Waals surface area (Å²) in [6, 6.07) is 12.2. The zero-order valence-corrected chi connectivity index (χ0v) is 20.2. The first-order valence-corrected chi connectivity index (χ1v) is 11.5. The second-order valence-corrected chi connectivity index (χ2v) is 8.70. The minimum absolute atomic E-state index is 0.195. The number of methoxy groups -OCH3 is 1. The van der Waals surface area contributed by atoms with Gasteiger partial charge in [0.1, 0.15) is 6.54 Å². The van der Waals surface area contributed by atoms with Crippen LogP contribution in [0.5, 0.6) is 11.5 Å². The van der Waals surface area contributed by atoms with Crippen molar-refractivity contribution < 1.29 is 23.9 Å². The molecule has 1 heterocycles. The van der Waals surface area contributed by atoms with Crippen molar-refractivity contribution in [2.75, 3.05) is 25.6 Å². The Balaban J connectivity index is 1.67. The Morgan fingerprint density at radius 3 is 2.74 bits per heavy atom. The SMILES string of the molecule is COc1cc(/C=C2/SC(=O)N(CC(=O)Nc3ccc(C)c(Cl)c3)C2=O)ccc1OCCCC#N. The van der Waals surface area contributed by atoms with Crippen LogP contribution in [0, 0.1) is 18.3 Å². The van der Waals surface area contributed by atoms with Gasteiger partial charge >= 0.3 is 0 Å². The van der Waals surface area contributed by atoms with Crippen molar-refractivity contribution in [3.05, 3.63) is 57.5 Å². The normalized spacial score (nSPS) is 14.3. The fraction of sp³-hybridized carbons (Fsp3) is 0.250. The number of carbonyl (C=O) groups is 3. The molecule has 2 aromatic carbocycles. The molecule has 1 aliphatic rings. The van der Waals surface area contributed by atoms with E-state index in [2.05, 4.69) is 11.4 Å². The first kappa shape index (κ1) is 25.1. The summed E-state index contributed by atoms with van der Waals surface area (Å²) < 4.78 is 11.0. The van der Waals surface area contributed by atoms with E-state index in [1.54, 1.807) is 42.5 Å². The van der Waals surface area contributed by atoms with Gasteiger partial charge in [0.05, 0.1) is 24.7 Å². The molecule has 0 spiro atoms. The number of rotatable bonds is 9. The van der Waals surface area contributed by atoms with Gasteiger partial charge in [-0.25, -0.2) is 0 Å². The van der Waals surface area contributed by atoms with Gasteiger partial charge in [0.25, 0.3) is 11.1 Å². The fourth-order valence-electron chi connectivity index (χ4n) is 3.03. The van der Waals surface area contributed by atoms with E-state index >= 15 is 0 Å². The van der Waals surface area contributed by atoms with E-state index in [4.69, 9.17) is 26.3 Å². The number of unbranched alkanes of at least 4 members (excludes halogenated alkanes) is 1. The number of halogens is 1. The van der Waals surface area contributed by atoms with Gasteiger partial charge < -0.3 is 14.8 Å². The summed E-state index contributed by atoms with van der Waals surface area (Å²) in [5, 5.41) is 11.2. The van der Waals surface area contributed by atoms with Crippen LogP contribution in [0.25, 0.3) is 6.08 Å². The molecule has 0 saturated carbocycles. The number of nitriles is 1. The summed E-state index contributed by atoms with van der Waals surface area (Å²) in [6.07, 6.45) is 2.55. The predicted molar refractivity (Wildman–Crippen MR) is 131 cm³/mol. The van der Waals surface area contributed by atoms with Gasteiger partial charge in [-0.1, -0.05) is 23.7 Å². The molecule has 0 bridgehead atoms. The van der Waals surface area contributed by atoms with Gasteiger partial charge in [0.15, 0.2) is 11.5 Å². The number of nitrogens with zero attached hydrogens (tertiary/aromatic N) is 2. The Morgan fingerprint density at radius 1 is 1.24 bits per heavy atom. The maximum Gasteiger partial charge on any atom is 0.294 e. The van der Waals surface area contributed by atoms with E-state index in [0.717, 1.165) is 22.2 Å². The van der Waals surface area contributed by atoms with Crippen LogP contribution in [0.15, 0.2) is 41.3 Å². The van der Waals surface area contributed by atoms with Crippen LogP contribution < -0.4 is 14.8 Å². The lowest BCUT2D eigenvalue weighted by atomic mass is 10.2. The van der Waals surface area contributed by atoms with Gasteiger partial charge in [-0.15, -0.1) is 0 Å².